The molecular formula is C15H25BrN2OS. The van der Waals surface area contributed by atoms with Crippen LogP contribution in [0.5, 0.6) is 0 Å². The van der Waals surface area contributed by atoms with E-state index in [-0.39, 0.29) is 12.1 Å². The van der Waals surface area contributed by atoms with Crippen LogP contribution in [0.4, 0.5) is 0 Å². The lowest BCUT2D eigenvalue weighted by Crippen LogP contribution is -2.48. The number of aromatic nitrogens is 1. The van der Waals surface area contributed by atoms with Crippen molar-refractivity contribution < 1.29 is 5.11 Å². The maximum atomic E-state index is 9.67. The van der Waals surface area contributed by atoms with Crippen LogP contribution in [0.3, 0.4) is 0 Å². The Morgan fingerprint density at radius 3 is 2.85 bits per heavy atom. The van der Waals surface area contributed by atoms with Crippen LogP contribution in [-0.4, -0.2) is 34.5 Å². The van der Waals surface area contributed by atoms with Gasteiger partial charge in [-0.2, -0.15) is 0 Å². The zero-order valence-electron chi connectivity index (χ0n) is 12.4. The van der Waals surface area contributed by atoms with Gasteiger partial charge in [-0.15, -0.1) is 11.8 Å². The van der Waals surface area contributed by atoms with E-state index < -0.39 is 0 Å². The molecule has 0 bridgehead atoms. The number of aliphatic hydroxyl groups excluding tert-OH is 1. The molecule has 0 amide bonds. The van der Waals surface area contributed by atoms with Crippen LogP contribution < -0.4 is 5.32 Å². The third kappa shape index (κ3) is 5.72. The number of thioether (sulfide) groups is 1. The molecule has 1 aromatic heterocycles. The quantitative estimate of drug-likeness (QED) is 0.491. The Hall–Kier alpha value is -0.100. The van der Waals surface area contributed by atoms with Crippen molar-refractivity contribution in [3.8, 4) is 0 Å². The molecule has 0 aliphatic carbocycles. The Kier molecular flexibility index (Phi) is 8.77. The lowest BCUT2D eigenvalue weighted by atomic mass is 9.91. The molecule has 1 rings (SSSR count). The molecule has 3 nitrogen and oxygen atoms in total. The summed E-state index contributed by atoms with van der Waals surface area (Å²) in [6, 6.07) is 3.94. The molecule has 20 heavy (non-hydrogen) atoms. The molecule has 1 aromatic rings. The number of nitrogens with one attached hydrogen (secondary N) is 1. The van der Waals surface area contributed by atoms with Crippen molar-refractivity contribution in [2.45, 2.75) is 50.1 Å². The third-order valence-corrected chi connectivity index (χ3v) is 5.49. The average Bonchev–Trinajstić information content (AvgIpc) is 2.49. The summed E-state index contributed by atoms with van der Waals surface area (Å²) < 4.78 is 1.05. The minimum absolute atomic E-state index is 0.113. The normalized spacial score (nSPS) is 14.2. The van der Waals surface area contributed by atoms with Crippen LogP contribution in [0.25, 0.3) is 0 Å². The molecule has 0 fully saturated rings. The minimum Gasteiger partial charge on any atom is -0.394 e. The second kappa shape index (κ2) is 9.77. The van der Waals surface area contributed by atoms with Crippen LogP contribution in [-0.2, 0) is 0 Å². The van der Waals surface area contributed by atoms with E-state index in [0.29, 0.717) is 0 Å². The molecule has 2 N–H and O–H groups in total. The smallest absolute Gasteiger partial charge is 0.110 e. The number of halogens is 1. The molecule has 1 unspecified atom stereocenters. The van der Waals surface area contributed by atoms with Gasteiger partial charge in [0.15, 0.2) is 0 Å². The number of nitrogens with zero attached hydrogens (tertiary/aromatic N) is 1. The molecule has 0 saturated carbocycles. The van der Waals surface area contributed by atoms with E-state index in [1.54, 1.807) is 11.8 Å². The maximum Gasteiger partial charge on any atom is 0.110 e. The molecule has 0 aromatic carbocycles. The van der Waals surface area contributed by atoms with E-state index >= 15 is 0 Å². The number of rotatable bonds is 10. The molecule has 114 valence electrons. The van der Waals surface area contributed by atoms with Gasteiger partial charge in [0.25, 0.3) is 0 Å². The number of pyridine rings is 1. The first-order chi connectivity index (χ1) is 9.67. The van der Waals surface area contributed by atoms with E-state index in [1.165, 1.54) is 0 Å². The zero-order valence-corrected chi connectivity index (χ0v) is 14.8. The molecule has 0 radical (unpaired) electrons. The van der Waals surface area contributed by atoms with Gasteiger partial charge in [0.1, 0.15) is 5.03 Å². The second-order valence-corrected chi connectivity index (χ2v) is 6.90. The molecule has 0 saturated heterocycles. The fourth-order valence-corrected chi connectivity index (χ4v) is 3.51. The van der Waals surface area contributed by atoms with E-state index in [0.717, 1.165) is 47.5 Å². The van der Waals surface area contributed by atoms with Crippen LogP contribution >= 0.6 is 27.7 Å². The van der Waals surface area contributed by atoms with Gasteiger partial charge in [0, 0.05) is 16.2 Å². The summed E-state index contributed by atoms with van der Waals surface area (Å²) in [7, 11) is 0. The SMILES string of the molecule is CCCNC(CC)(CO)CCCSc1ncccc1Br. The van der Waals surface area contributed by atoms with Crippen molar-refractivity contribution in [2.24, 2.45) is 0 Å². The van der Waals surface area contributed by atoms with Crippen LogP contribution in [0.1, 0.15) is 39.5 Å². The van der Waals surface area contributed by atoms with Crippen LogP contribution in [0.2, 0.25) is 0 Å². The van der Waals surface area contributed by atoms with Gasteiger partial charge in [-0.1, -0.05) is 13.8 Å². The van der Waals surface area contributed by atoms with Crippen molar-refractivity contribution >= 4 is 27.7 Å². The Labute approximate surface area is 135 Å². The summed E-state index contributed by atoms with van der Waals surface area (Å²) in [5, 5.41) is 14.2. The summed E-state index contributed by atoms with van der Waals surface area (Å²) in [6.07, 6.45) is 5.94. The summed E-state index contributed by atoms with van der Waals surface area (Å²) in [6.45, 7) is 5.47. The van der Waals surface area contributed by atoms with Crippen LogP contribution in [0.15, 0.2) is 27.8 Å². The van der Waals surface area contributed by atoms with Crippen molar-refractivity contribution in [1.29, 1.82) is 0 Å². The van der Waals surface area contributed by atoms with E-state index in [2.05, 4.69) is 40.1 Å². The lowest BCUT2D eigenvalue weighted by Gasteiger charge is -2.32. The highest BCUT2D eigenvalue weighted by molar-refractivity contribution is 9.10. The van der Waals surface area contributed by atoms with Gasteiger partial charge in [0.2, 0.25) is 0 Å². The molecule has 1 heterocycles. The first-order valence-corrected chi connectivity index (χ1v) is 9.04. The largest absolute Gasteiger partial charge is 0.394 e. The van der Waals surface area contributed by atoms with Gasteiger partial charge >= 0.3 is 0 Å². The zero-order chi connectivity index (χ0) is 14.8. The Balaban J connectivity index is 2.39. The predicted molar refractivity (Wildman–Crippen MR) is 90.3 cm³/mol. The Morgan fingerprint density at radius 2 is 2.25 bits per heavy atom. The standard InChI is InChI=1S/C15H25BrN2OS/c1-3-9-18-15(4-2,12-19)8-6-11-20-14-13(16)7-5-10-17-14/h5,7,10,18-19H,3-4,6,8-9,11-12H2,1-2H3. The highest BCUT2D eigenvalue weighted by atomic mass is 79.9. The average molecular weight is 361 g/mol. The highest BCUT2D eigenvalue weighted by Gasteiger charge is 2.25. The summed E-state index contributed by atoms with van der Waals surface area (Å²) in [5.74, 6) is 1.02. The topological polar surface area (TPSA) is 45.1 Å². The Morgan fingerprint density at radius 1 is 1.45 bits per heavy atom. The Bertz CT molecular complexity index is 386. The fraction of sp³-hybridized carbons (Fsp3) is 0.667. The van der Waals surface area contributed by atoms with Gasteiger partial charge < -0.3 is 10.4 Å². The van der Waals surface area contributed by atoms with Crippen molar-refractivity contribution in [3.05, 3.63) is 22.8 Å². The van der Waals surface area contributed by atoms with Crippen LogP contribution in [0, 0.1) is 0 Å². The fourth-order valence-electron chi connectivity index (χ4n) is 2.08. The first kappa shape index (κ1) is 18.0. The number of hydrogen-bond acceptors (Lipinski definition) is 4. The molecule has 1 atom stereocenters. The molecule has 0 spiro atoms. The molecular weight excluding hydrogens is 336 g/mol. The van der Waals surface area contributed by atoms with Gasteiger partial charge in [-0.25, -0.2) is 4.98 Å². The minimum atomic E-state index is -0.113. The summed E-state index contributed by atoms with van der Waals surface area (Å²) >= 11 is 5.28. The van der Waals surface area contributed by atoms with Crippen molar-refractivity contribution in [3.63, 3.8) is 0 Å². The molecule has 5 heteroatoms. The predicted octanol–water partition coefficient (Wildman–Crippen LogP) is 3.86. The maximum absolute atomic E-state index is 9.67. The monoisotopic (exact) mass is 360 g/mol. The van der Waals surface area contributed by atoms with Gasteiger partial charge in [-0.3, -0.25) is 0 Å². The lowest BCUT2D eigenvalue weighted by molar-refractivity contribution is 0.146. The van der Waals surface area contributed by atoms with E-state index in [4.69, 9.17) is 0 Å². The van der Waals surface area contributed by atoms with E-state index in [9.17, 15) is 5.11 Å². The van der Waals surface area contributed by atoms with E-state index in [1.807, 2.05) is 18.3 Å². The summed E-state index contributed by atoms with van der Waals surface area (Å²) in [4.78, 5) is 4.35. The molecule has 0 aliphatic rings. The van der Waals surface area contributed by atoms with Crippen molar-refractivity contribution in [2.75, 3.05) is 18.9 Å². The van der Waals surface area contributed by atoms with Gasteiger partial charge in [0.05, 0.1) is 6.61 Å². The van der Waals surface area contributed by atoms with Crippen molar-refractivity contribution in [1.82, 2.24) is 10.3 Å². The highest BCUT2D eigenvalue weighted by Crippen LogP contribution is 2.26. The second-order valence-electron chi connectivity index (χ2n) is 4.96. The third-order valence-electron chi connectivity index (χ3n) is 3.49. The molecule has 0 aliphatic heterocycles. The first-order valence-electron chi connectivity index (χ1n) is 7.26. The summed E-state index contributed by atoms with van der Waals surface area (Å²) in [5.41, 5.74) is -0.113. The number of aliphatic hydroxyl groups is 1. The number of hydrogen-bond donors (Lipinski definition) is 2. The van der Waals surface area contributed by atoms with Gasteiger partial charge in [-0.05, 0) is 66.0 Å².